The smallest absolute Gasteiger partial charge is 0.280 e. The van der Waals surface area contributed by atoms with Gasteiger partial charge in [0, 0.05) is 30.3 Å². The van der Waals surface area contributed by atoms with Gasteiger partial charge in [-0.25, -0.2) is 0 Å². The first-order chi connectivity index (χ1) is 14.7. The minimum Gasteiger partial charge on any atom is -0.497 e. The second-order valence-corrected chi connectivity index (χ2v) is 7.01. The fourth-order valence-corrected chi connectivity index (χ4v) is 3.48. The van der Waals surface area contributed by atoms with E-state index in [9.17, 15) is 4.79 Å². The average molecular weight is 397 g/mol. The maximum Gasteiger partial charge on any atom is 0.280 e. The summed E-state index contributed by atoms with van der Waals surface area (Å²) in [5, 5.41) is 0. The van der Waals surface area contributed by atoms with Crippen LogP contribution in [0.15, 0.2) is 89.9 Å². The number of methoxy groups -OCH3 is 1. The number of hydrogen-bond donors (Lipinski definition) is 1. The second kappa shape index (κ2) is 8.66. The fraction of sp³-hybridized carbons (Fsp3) is 0.120. The Kier molecular flexibility index (Phi) is 5.61. The molecule has 4 rings (SSSR count). The number of H-pyrrole nitrogens is 1. The van der Waals surface area contributed by atoms with E-state index in [0.29, 0.717) is 23.4 Å². The maximum absolute atomic E-state index is 12.7. The molecule has 0 aliphatic carbocycles. The summed E-state index contributed by atoms with van der Waals surface area (Å²) in [5.74, 6) is 0.397. The summed E-state index contributed by atoms with van der Waals surface area (Å²) in [6.45, 7) is 0. The number of aromatic nitrogens is 2. The number of nitrogens with one attached hydrogen (secondary N) is 1. The molecule has 0 bridgehead atoms. The number of hydrogen-bond acceptors (Lipinski definition) is 2. The molecule has 1 N–H and O–H groups in total. The predicted molar refractivity (Wildman–Crippen MR) is 117 cm³/mol. The molecule has 30 heavy (non-hydrogen) atoms. The van der Waals surface area contributed by atoms with Crippen LogP contribution in [0.4, 0.5) is 0 Å². The van der Waals surface area contributed by atoms with E-state index in [4.69, 9.17) is 4.74 Å². The molecule has 1 amide bonds. The van der Waals surface area contributed by atoms with Gasteiger partial charge in [-0.2, -0.15) is 4.99 Å². The van der Waals surface area contributed by atoms with Crippen LogP contribution in [0.3, 0.4) is 0 Å². The molecule has 0 aliphatic heterocycles. The summed E-state index contributed by atoms with van der Waals surface area (Å²) >= 11 is 0. The SMILES string of the molecule is COc1ccc(C(=O)/N=c2\[nH]c(Cc3ccccc3)c(-c3ccccc3)n2C)cc1. The molecule has 0 aliphatic rings. The zero-order valence-corrected chi connectivity index (χ0v) is 17.0. The van der Waals surface area contributed by atoms with Crippen molar-refractivity contribution in [2.24, 2.45) is 12.0 Å². The monoisotopic (exact) mass is 397 g/mol. The van der Waals surface area contributed by atoms with Gasteiger partial charge in [-0.1, -0.05) is 60.7 Å². The number of aromatic amines is 1. The van der Waals surface area contributed by atoms with Gasteiger partial charge in [0.2, 0.25) is 5.62 Å². The molecule has 5 nitrogen and oxygen atoms in total. The Labute approximate surface area is 175 Å². The Morgan fingerprint density at radius 3 is 2.20 bits per heavy atom. The highest BCUT2D eigenvalue weighted by atomic mass is 16.5. The van der Waals surface area contributed by atoms with Gasteiger partial charge in [-0.05, 0) is 29.8 Å². The number of carbonyl (C=O) groups excluding carboxylic acids is 1. The van der Waals surface area contributed by atoms with E-state index in [1.807, 2.05) is 48.0 Å². The zero-order chi connectivity index (χ0) is 20.9. The quantitative estimate of drug-likeness (QED) is 0.544. The Bertz CT molecular complexity index is 1210. The summed E-state index contributed by atoms with van der Waals surface area (Å²) < 4.78 is 7.10. The van der Waals surface area contributed by atoms with E-state index in [-0.39, 0.29) is 5.91 Å². The van der Waals surface area contributed by atoms with Gasteiger partial charge < -0.3 is 14.3 Å². The molecule has 0 radical (unpaired) electrons. The lowest BCUT2D eigenvalue weighted by Gasteiger charge is -2.07. The molecule has 0 unspecified atom stereocenters. The van der Waals surface area contributed by atoms with Crippen LogP contribution in [0.1, 0.15) is 21.6 Å². The van der Waals surface area contributed by atoms with Gasteiger partial charge in [-0.3, -0.25) is 4.79 Å². The van der Waals surface area contributed by atoms with Crippen molar-refractivity contribution in [2.45, 2.75) is 6.42 Å². The van der Waals surface area contributed by atoms with Crippen LogP contribution < -0.4 is 10.4 Å². The summed E-state index contributed by atoms with van der Waals surface area (Å²) in [6, 6.07) is 27.3. The average Bonchev–Trinajstić information content (AvgIpc) is 3.09. The van der Waals surface area contributed by atoms with Crippen molar-refractivity contribution in [3.8, 4) is 17.0 Å². The van der Waals surface area contributed by atoms with Crippen LogP contribution in [0.25, 0.3) is 11.3 Å². The molecule has 0 saturated heterocycles. The predicted octanol–water partition coefficient (Wildman–Crippen LogP) is 4.36. The van der Waals surface area contributed by atoms with E-state index in [1.54, 1.807) is 31.4 Å². The van der Waals surface area contributed by atoms with Crippen molar-refractivity contribution >= 4 is 5.91 Å². The largest absolute Gasteiger partial charge is 0.497 e. The van der Waals surface area contributed by atoms with Crippen molar-refractivity contribution in [2.75, 3.05) is 7.11 Å². The lowest BCUT2D eigenvalue weighted by atomic mass is 10.0. The minimum atomic E-state index is -0.305. The molecular weight excluding hydrogens is 374 g/mol. The third kappa shape index (κ3) is 4.10. The first-order valence-electron chi connectivity index (χ1n) is 9.76. The molecule has 1 heterocycles. The fourth-order valence-electron chi connectivity index (χ4n) is 3.48. The van der Waals surface area contributed by atoms with Crippen molar-refractivity contribution in [1.29, 1.82) is 0 Å². The normalized spacial score (nSPS) is 11.5. The second-order valence-electron chi connectivity index (χ2n) is 7.01. The molecule has 3 aromatic carbocycles. The van der Waals surface area contributed by atoms with Gasteiger partial charge in [0.15, 0.2) is 0 Å². The molecule has 0 atom stereocenters. The van der Waals surface area contributed by atoms with Gasteiger partial charge in [0.05, 0.1) is 12.8 Å². The van der Waals surface area contributed by atoms with Crippen LogP contribution in [0.5, 0.6) is 5.75 Å². The number of nitrogens with zero attached hydrogens (tertiary/aromatic N) is 2. The van der Waals surface area contributed by atoms with Gasteiger partial charge >= 0.3 is 0 Å². The maximum atomic E-state index is 12.7. The Morgan fingerprint density at radius 2 is 1.57 bits per heavy atom. The topological polar surface area (TPSA) is 59.4 Å². The van der Waals surface area contributed by atoms with Gasteiger partial charge in [0.25, 0.3) is 5.91 Å². The van der Waals surface area contributed by atoms with E-state index >= 15 is 0 Å². The van der Waals surface area contributed by atoms with E-state index < -0.39 is 0 Å². The van der Waals surface area contributed by atoms with Crippen LogP contribution >= 0.6 is 0 Å². The number of carbonyl (C=O) groups is 1. The first kappa shape index (κ1) is 19.5. The van der Waals surface area contributed by atoms with Gasteiger partial charge in [-0.15, -0.1) is 0 Å². The number of ether oxygens (including phenoxy) is 1. The molecule has 5 heteroatoms. The van der Waals surface area contributed by atoms with Crippen molar-refractivity contribution in [3.63, 3.8) is 0 Å². The highest BCUT2D eigenvalue weighted by molar-refractivity contribution is 5.95. The Morgan fingerprint density at radius 1 is 0.933 bits per heavy atom. The van der Waals surface area contributed by atoms with E-state index in [0.717, 1.165) is 17.0 Å². The van der Waals surface area contributed by atoms with E-state index in [1.165, 1.54) is 5.56 Å². The molecule has 150 valence electrons. The highest BCUT2D eigenvalue weighted by Crippen LogP contribution is 2.23. The number of amides is 1. The zero-order valence-electron chi connectivity index (χ0n) is 17.0. The van der Waals surface area contributed by atoms with Crippen LogP contribution in [-0.4, -0.2) is 22.6 Å². The molecule has 0 saturated carbocycles. The molecule has 0 spiro atoms. The summed E-state index contributed by atoms with van der Waals surface area (Å²) in [4.78, 5) is 20.5. The van der Waals surface area contributed by atoms with Crippen molar-refractivity contribution < 1.29 is 9.53 Å². The molecular formula is C25H23N3O2. The van der Waals surface area contributed by atoms with E-state index in [2.05, 4.69) is 34.2 Å². The van der Waals surface area contributed by atoms with Crippen molar-refractivity contribution in [3.05, 3.63) is 107 Å². The number of imidazole rings is 1. The lowest BCUT2D eigenvalue weighted by Crippen LogP contribution is -2.18. The number of benzene rings is 3. The highest BCUT2D eigenvalue weighted by Gasteiger charge is 2.14. The molecule has 1 aromatic heterocycles. The number of rotatable bonds is 5. The summed E-state index contributed by atoms with van der Waals surface area (Å²) in [6.07, 6.45) is 0.713. The summed E-state index contributed by atoms with van der Waals surface area (Å²) in [7, 11) is 3.52. The lowest BCUT2D eigenvalue weighted by molar-refractivity contribution is 0.0996. The first-order valence-corrected chi connectivity index (χ1v) is 9.76. The third-order valence-corrected chi connectivity index (χ3v) is 5.02. The third-order valence-electron chi connectivity index (χ3n) is 5.02. The van der Waals surface area contributed by atoms with Gasteiger partial charge in [0.1, 0.15) is 5.75 Å². The summed E-state index contributed by atoms with van der Waals surface area (Å²) in [5.41, 5.74) is 5.30. The van der Waals surface area contributed by atoms with Crippen molar-refractivity contribution in [1.82, 2.24) is 9.55 Å². The Balaban J connectivity index is 1.78. The Hall–Kier alpha value is -3.86. The standard InChI is InChI=1S/C25H23N3O2/c1-28-23(19-11-7-4-8-12-19)22(17-18-9-5-3-6-10-18)26-25(28)27-24(29)20-13-15-21(30-2)16-14-20/h3-16H,17H2,1-2H3,(H,26,27,29). The van der Waals surface area contributed by atoms with Crippen LogP contribution in [0.2, 0.25) is 0 Å². The van der Waals surface area contributed by atoms with Crippen LogP contribution in [-0.2, 0) is 13.5 Å². The van der Waals surface area contributed by atoms with Crippen LogP contribution in [0, 0.1) is 0 Å². The minimum absolute atomic E-state index is 0.305. The molecule has 4 aromatic rings. The molecule has 0 fully saturated rings.